The van der Waals surface area contributed by atoms with E-state index in [1.807, 2.05) is 36.6 Å². The Morgan fingerprint density at radius 1 is 0.860 bits per heavy atom. The van der Waals surface area contributed by atoms with E-state index < -0.39 is 48.0 Å². The monoisotopic (exact) mass is 594 g/mol. The molecule has 43 heavy (non-hydrogen) atoms. The molecule has 2 unspecified atom stereocenters. The molecular formula is C33H33F3N2O5. The van der Waals surface area contributed by atoms with Crippen LogP contribution in [0.5, 0.6) is 0 Å². The molecule has 0 fully saturated rings. The number of aromatic nitrogens is 1. The Balaban J connectivity index is 1.91. The number of nitrogens with one attached hydrogen (secondary N) is 1. The van der Waals surface area contributed by atoms with Crippen LogP contribution in [0.1, 0.15) is 55.1 Å². The lowest BCUT2D eigenvalue weighted by molar-refractivity contribution is -0.139. The highest BCUT2D eigenvalue weighted by Gasteiger charge is 2.31. The maximum atomic E-state index is 14.6. The molecule has 0 bridgehead atoms. The number of aliphatic carboxylic acids is 1. The fourth-order valence-corrected chi connectivity index (χ4v) is 5.26. The van der Waals surface area contributed by atoms with Crippen molar-refractivity contribution in [3.8, 4) is 22.4 Å². The number of rotatable bonds is 12. The van der Waals surface area contributed by atoms with E-state index in [-0.39, 0.29) is 36.6 Å². The van der Waals surface area contributed by atoms with Gasteiger partial charge in [0.05, 0.1) is 35.6 Å². The Kier molecular flexibility index (Phi) is 10.1. The van der Waals surface area contributed by atoms with Gasteiger partial charge < -0.3 is 25.2 Å². The van der Waals surface area contributed by atoms with Crippen LogP contribution in [0.3, 0.4) is 0 Å². The summed E-state index contributed by atoms with van der Waals surface area (Å²) < 4.78 is 44.0. The Morgan fingerprint density at radius 3 is 2.12 bits per heavy atom. The molecule has 0 aliphatic carbocycles. The molecule has 1 amide bonds. The first-order chi connectivity index (χ1) is 20.5. The Labute approximate surface area is 247 Å². The number of benzene rings is 3. The van der Waals surface area contributed by atoms with E-state index >= 15 is 0 Å². The molecule has 0 spiro atoms. The average Bonchev–Trinajstić information content (AvgIpc) is 3.29. The van der Waals surface area contributed by atoms with E-state index in [2.05, 4.69) is 5.32 Å². The van der Waals surface area contributed by atoms with Gasteiger partial charge in [-0.05, 0) is 66.3 Å². The van der Waals surface area contributed by atoms with Gasteiger partial charge in [0.2, 0.25) is 0 Å². The molecule has 0 aliphatic heterocycles. The second kappa shape index (κ2) is 13.7. The first kappa shape index (κ1) is 31.5. The van der Waals surface area contributed by atoms with Gasteiger partial charge in [-0.15, -0.1) is 0 Å². The predicted octanol–water partition coefficient (Wildman–Crippen LogP) is 6.59. The minimum Gasteiger partial charge on any atom is -0.481 e. The lowest BCUT2D eigenvalue weighted by atomic mass is 9.94. The van der Waals surface area contributed by atoms with Crippen molar-refractivity contribution < 1.29 is 38.1 Å². The molecule has 0 radical (unpaired) electrons. The van der Waals surface area contributed by atoms with E-state index in [0.717, 1.165) is 12.1 Å². The van der Waals surface area contributed by atoms with E-state index in [0.29, 0.717) is 34.1 Å². The molecule has 226 valence electrons. The molecule has 7 nitrogen and oxygen atoms in total. The number of carbonyl (C=O) groups is 2. The van der Waals surface area contributed by atoms with Crippen molar-refractivity contribution in [2.45, 2.75) is 57.8 Å². The third kappa shape index (κ3) is 7.52. The molecule has 0 saturated heterocycles. The highest BCUT2D eigenvalue weighted by atomic mass is 19.1. The van der Waals surface area contributed by atoms with Crippen LogP contribution in [0.2, 0.25) is 0 Å². The number of halogens is 3. The van der Waals surface area contributed by atoms with Gasteiger partial charge in [-0.25, -0.2) is 13.2 Å². The number of carboxylic acid groups (broad SMARTS) is 1. The normalized spacial score (nSPS) is 12.7. The van der Waals surface area contributed by atoms with Gasteiger partial charge in [0.25, 0.3) is 5.91 Å². The predicted molar refractivity (Wildman–Crippen MR) is 157 cm³/mol. The smallest absolute Gasteiger partial charge is 0.305 e. The first-order valence-electron chi connectivity index (χ1n) is 13.9. The van der Waals surface area contributed by atoms with E-state index in [4.69, 9.17) is 5.11 Å². The van der Waals surface area contributed by atoms with Crippen molar-refractivity contribution >= 4 is 17.6 Å². The molecule has 1 aromatic heterocycles. The summed E-state index contributed by atoms with van der Waals surface area (Å²) in [5.74, 6) is -4.30. The third-order valence-electron chi connectivity index (χ3n) is 7.08. The Bertz CT molecular complexity index is 1590. The number of amides is 1. The van der Waals surface area contributed by atoms with Crippen molar-refractivity contribution in [3.05, 3.63) is 102 Å². The van der Waals surface area contributed by atoms with Crippen molar-refractivity contribution in [2.75, 3.05) is 5.32 Å². The topological polar surface area (TPSA) is 112 Å². The van der Waals surface area contributed by atoms with Crippen molar-refractivity contribution in [2.24, 2.45) is 0 Å². The van der Waals surface area contributed by atoms with Gasteiger partial charge in [0.1, 0.15) is 17.5 Å². The number of hydrogen-bond acceptors (Lipinski definition) is 4. The van der Waals surface area contributed by atoms with Crippen LogP contribution in [0.25, 0.3) is 22.4 Å². The number of aliphatic hydroxyl groups excluding tert-OH is 2. The quantitative estimate of drug-likeness (QED) is 0.148. The maximum Gasteiger partial charge on any atom is 0.305 e. The van der Waals surface area contributed by atoms with Crippen LogP contribution in [-0.4, -0.2) is 44.0 Å². The zero-order valence-corrected chi connectivity index (χ0v) is 23.7. The van der Waals surface area contributed by atoms with Crippen LogP contribution < -0.4 is 5.32 Å². The molecule has 4 N–H and O–H groups in total. The number of nitrogens with zero attached hydrogens (tertiary/aromatic N) is 1. The number of carbonyl (C=O) groups excluding carboxylic acids is 1. The van der Waals surface area contributed by atoms with Gasteiger partial charge >= 0.3 is 5.97 Å². The van der Waals surface area contributed by atoms with Gasteiger partial charge in [-0.3, -0.25) is 9.59 Å². The minimum absolute atomic E-state index is 0.0984. The zero-order valence-electron chi connectivity index (χ0n) is 23.7. The van der Waals surface area contributed by atoms with Crippen molar-refractivity contribution in [1.82, 2.24) is 4.57 Å². The largest absolute Gasteiger partial charge is 0.481 e. The van der Waals surface area contributed by atoms with E-state index in [1.165, 1.54) is 12.1 Å². The summed E-state index contributed by atoms with van der Waals surface area (Å²) in [6.07, 6.45) is -2.89. The molecule has 0 saturated carbocycles. The Hall–Kier alpha value is -4.41. The number of hydrogen-bond donors (Lipinski definition) is 4. The van der Waals surface area contributed by atoms with E-state index in [1.54, 1.807) is 24.3 Å². The van der Waals surface area contributed by atoms with Crippen LogP contribution in [0, 0.1) is 17.5 Å². The average molecular weight is 595 g/mol. The van der Waals surface area contributed by atoms with Crippen molar-refractivity contribution in [3.63, 3.8) is 0 Å². The molecule has 4 rings (SSSR count). The van der Waals surface area contributed by atoms with Crippen LogP contribution in [-0.2, 0) is 11.3 Å². The maximum absolute atomic E-state index is 14.6. The summed E-state index contributed by atoms with van der Waals surface area (Å²) in [4.78, 5) is 25.0. The molecule has 4 aromatic rings. The third-order valence-corrected chi connectivity index (χ3v) is 7.08. The highest BCUT2D eigenvalue weighted by Crippen LogP contribution is 2.42. The first-order valence-corrected chi connectivity index (χ1v) is 13.9. The molecule has 1 heterocycles. The van der Waals surface area contributed by atoms with Gasteiger partial charge in [0, 0.05) is 23.9 Å². The summed E-state index contributed by atoms with van der Waals surface area (Å²) in [7, 11) is 0. The Morgan fingerprint density at radius 2 is 1.51 bits per heavy atom. The molecule has 2 atom stereocenters. The summed E-state index contributed by atoms with van der Waals surface area (Å²) in [6.45, 7) is 3.90. The number of aliphatic hydroxyl groups is 2. The lowest BCUT2D eigenvalue weighted by Gasteiger charge is -2.20. The van der Waals surface area contributed by atoms with Crippen LogP contribution >= 0.6 is 0 Å². The second-order valence-corrected chi connectivity index (χ2v) is 10.7. The summed E-state index contributed by atoms with van der Waals surface area (Å²) >= 11 is 0. The fourth-order valence-electron chi connectivity index (χ4n) is 5.26. The standard InChI is InChI=1S/C33H33F3N2O5/c1-19(2)31-30(33(43)37-27-13-12-23(35)16-26(27)36)29(20-6-4-3-5-7-20)32(21-8-10-22(34)11-9-21)38(31)15-14-24(39)17-25(40)18-28(41)42/h3-13,16,19,24-25,39-40H,14-15,17-18H2,1-2H3,(H,37,43)(H,41,42). The molecule has 3 aromatic carbocycles. The van der Waals surface area contributed by atoms with Gasteiger partial charge in [0.15, 0.2) is 0 Å². The molecule has 10 heteroatoms. The second-order valence-electron chi connectivity index (χ2n) is 10.7. The minimum atomic E-state index is -1.25. The van der Waals surface area contributed by atoms with Gasteiger partial charge in [-0.1, -0.05) is 44.2 Å². The summed E-state index contributed by atoms with van der Waals surface area (Å²) in [6, 6.07) is 17.6. The van der Waals surface area contributed by atoms with Crippen LogP contribution in [0.15, 0.2) is 72.8 Å². The highest BCUT2D eigenvalue weighted by molar-refractivity contribution is 6.12. The van der Waals surface area contributed by atoms with Gasteiger partial charge in [-0.2, -0.15) is 0 Å². The lowest BCUT2D eigenvalue weighted by Crippen LogP contribution is -2.22. The zero-order chi connectivity index (χ0) is 31.3. The van der Waals surface area contributed by atoms with Crippen molar-refractivity contribution in [1.29, 1.82) is 0 Å². The fraction of sp³-hybridized carbons (Fsp3) is 0.273. The molecule has 0 aliphatic rings. The van der Waals surface area contributed by atoms with Crippen LogP contribution in [0.4, 0.5) is 18.9 Å². The number of anilines is 1. The number of carboxylic acids is 1. The molecular weight excluding hydrogens is 561 g/mol. The SMILES string of the molecule is CC(C)c1c(C(=O)Nc2ccc(F)cc2F)c(-c2ccccc2)c(-c2ccc(F)cc2)n1CCC(O)CC(O)CC(=O)O. The van der Waals surface area contributed by atoms with E-state index in [9.17, 15) is 33.0 Å². The summed E-state index contributed by atoms with van der Waals surface area (Å²) in [5.41, 5.74) is 2.86. The summed E-state index contributed by atoms with van der Waals surface area (Å²) in [5, 5.41) is 32.3.